The van der Waals surface area contributed by atoms with Crippen LogP contribution in [-0.4, -0.2) is 47.7 Å². The molecule has 0 spiro atoms. The van der Waals surface area contributed by atoms with Crippen molar-refractivity contribution in [3.8, 4) is 0 Å². The SMILES string of the molecule is CCCCCCCCCCCCn1ccnc1.C[N+](C)(C)CC(=O)[O-]. The van der Waals surface area contributed by atoms with Gasteiger partial charge in [-0.15, -0.1) is 0 Å². The molecule has 1 rings (SSSR count). The molecular weight excluding hydrogens is 314 g/mol. The largest absolute Gasteiger partial charge is 0.544 e. The molecule has 0 saturated heterocycles. The number of aliphatic carboxylic acids is 1. The monoisotopic (exact) mass is 353 g/mol. The highest BCUT2D eigenvalue weighted by atomic mass is 16.4. The van der Waals surface area contributed by atoms with Gasteiger partial charge in [0.2, 0.25) is 0 Å². The smallest absolute Gasteiger partial charge is 0.118 e. The molecule has 0 fully saturated rings. The van der Waals surface area contributed by atoms with Crippen LogP contribution >= 0.6 is 0 Å². The Kier molecular flexibility index (Phi) is 14.1. The van der Waals surface area contributed by atoms with Crippen molar-refractivity contribution >= 4 is 5.97 Å². The summed E-state index contributed by atoms with van der Waals surface area (Å²) in [4.78, 5) is 13.9. The van der Waals surface area contributed by atoms with E-state index in [1.807, 2.05) is 18.7 Å². The van der Waals surface area contributed by atoms with Crippen LogP contribution in [0.4, 0.5) is 0 Å². The predicted octanol–water partition coefficient (Wildman–Crippen LogP) is 3.25. The zero-order chi connectivity index (χ0) is 19.0. The van der Waals surface area contributed by atoms with Crippen molar-refractivity contribution in [1.29, 1.82) is 0 Å². The molecule has 0 aliphatic rings. The fourth-order valence-corrected chi connectivity index (χ4v) is 2.59. The first-order chi connectivity index (χ1) is 11.8. The summed E-state index contributed by atoms with van der Waals surface area (Å²) in [6.45, 7) is 3.48. The van der Waals surface area contributed by atoms with Gasteiger partial charge < -0.3 is 19.0 Å². The van der Waals surface area contributed by atoms with Gasteiger partial charge in [-0.2, -0.15) is 0 Å². The maximum Gasteiger partial charge on any atom is 0.118 e. The number of nitrogens with zero attached hydrogens (tertiary/aromatic N) is 3. The van der Waals surface area contributed by atoms with Crippen LogP contribution in [0.15, 0.2) is 18.7 Å². The van der Waals surface area contributed by atoms with E-state index in [0.29, 0.717) is 4.48 Å². The van der Waals surface area contributed by atoms with Crippen LogP contribution < -0.4 is 5.11 Å². The van der Waals surface area contributed by atoms with Gasteiger partial charge >= 0.3 is 0 Å². The minimum Gasteiger partial charge on any atom is -0.544 e. The highest BCUT2D eigenvalue weighted by Crippen LogP contribution is 2.10. The van der Waals surface area contributed by atoms with Crippen molar-refractivity contribution in [2.75, 3.05) is 27.7 Å². The number of rotatable bonds is 13. The van der Waals surface area contributed by atoms with Crippen molar-refractivity contribution < 1.29 is 14.4 Å². The van der Waals surface area contributed by atoms with E-state index in [4.69, 9.17) is 0 Å². The number of carboxylic acid groups (broad SMARTS) is 1. The Morgan fingerprint density at radius 2 is 1.48 bits per heavy atom. The number of imidazole rings is 1. The second-order valence-corrected chi connectivity index (χ2v) is 7.80. The van der Waals surface area contributed by atoms with E-state index in [9.17, 15) is 9.90 Å². The van der Waals surface area contributed by atoms with E-state index in [-0.39, 0.29) is 6.54 Å². The summed E-state index contributed by atoms with van der Waals surface area (Å²) in [5.74, 6) is -1.00. The molecule has 25 heavy (non-hydrogen) atoms. The van der Waals surface area contributed by atoms with E-state index < -0.39 is 5.97 Å². The zero-order valence-electron chi connectivity index (χ0n) is 16.9. The number of carbonyl (C=O) groups is 1. The number of hydrogen-bond acceptors (Lipinski definition) is 3. The predicted molar refractivity (Wildman–Crippen MR) is 102 cm³/mol. The summed E-state index contributed by atoms with van der Waals surface area (Å²) in [7, 11) is 5.40. The number of unbranched alkanes of at least 4 members (excludes halogenated alkanes) is 9. The van der Waals surface area contributed by atoms with Gasteiger partial charge in [0.15, 0.2) is 0 Å². The molecule has 146 valence electrons. The van der Waals surface area contributed by atoms with Gasteiger partial charge in [0.05, 0.1) is 33.4 Å². The van der Waals surface area contributed by atoms with Crippen LogP contribution in [0, 0.1) is 0 Å². The minimum atomic E-state index is -1.00. The summed E-state index contributed by atoms with van der Waals surface area (Å²) in [5, 5.41) is 9.89. The highest BCUT2D eigenvalue weighted by molar-refractivity contribution is 5.65. The molecule has 0 aliphatic carbocycles. The van der Waals surface area contributed by atoms with E-state index in [0.717, 1.165) is 6.54 Å². The Morgan fingerprint density at radius 1 is 0.960 bits per heavy atom. The lowest BCUT2D eigenvalue weighted by molar-refractivity contribution is -0.864. The summed E-state index contributed by atoms with van der Waals surface area (Å²) in [6.07, 6.45) is 19.9. The van der Waals surface area contributed by atoms with Crippen LogP contribution in [0.5, 0.6) is 0 Å². The van der Waals surface area contributed by atoms with Crippen LogP contribution in [0.1, 0.15) is 71.1 Å². The van der Waals surface area contributed by atoms with Crippen molar-refractivity contribution in [1.82, 2.24) is 9.55 Å². The molecule has 0 unspecified atom stereocenters. The molecule has 5 nitrogen and oxygen atoms in total. The third kappa shape index (κ3) is 18.8. The van der Waals surface area contributed by atoms with E-state index in [1.165, 1.54) is 64.2 Å². The molecular formula is C20H39N3O2. The van der Waals surface area contributed by atoms with Crippen molar-refractivity contribution in [3.05, 3.63) is 18.7 Å². The summed E-state index contributed by atoms with van der Waals surface area (Å²) in [6, 6.07) is 0. The first kappa shape index (κ1) is 23.6. The van der Waals surface area contributed by atoms with Crippen molar-refractivity contribution in [2.24, 2.45) is 0 Å². The number of likely N-dealkylation sites (N-methyl/N-ethyl adjacent to an activating group) is 1. The van der Waals surface area contributed by atoms with Crippen LogP contribution in [0.2, 0.25) is 0 Å². The second-order valence-electron chi connectivity index (χ2n) is 7.80. The van der Waals surface area contributed by atoms with Gasteiger partial charge in [0.1, 0.15) is 6.54 Å². The Balaban J connectivity index is 0.000000609. The fourth-order valence-electron chi connectivity index (χ4n) is 2.59. The van der Waals surface area contributed by atoms with E-state index in [2.05, 4.69) is 16.5 Å². The van der Waals surface area contributed by atoms with Crippen molar-refractivity contribution in [3.63, 3.8) is 0 Å². The van der Waals surface area contributed by atoms with Gasteiger partial charge in [-0.3, -0.25) is 0 Å². The molecule has 1 aromatic heterocycles. The van der Waals surface area contributed by atoms with Crippen LogP contribution in [0.25, 0.3) is 0 Å². The van der Waals surface area contributed by atoms with E-state index >= 15 is 0 Å². The number of aromatic nitrogens is 2. The van der Waals surface area contributed by atoms with Gasteiger partial charge in [-0.25, -0.2) is 4.98 Å². The average Bonchev–Trinajstić information content (AvgIpc) is 3.00. The van der Waals surface area contributed by atoms with Gasteiger partial charge in [-0.1, -0.05) is 64.7 Å². The lowest BCUT2D eigenvalue weighted by Crippen LogP contribution is -2.45. The fraction of sp³-hybridized carbons (Fsp3) is 0.800. The molecule has 0 atom stereocenters. The molecule has 0 amide bonds. The number of carbonyl (C=O) groups excluding carboxylic acids is 1. The molecule has 1 aromatic rings. The van der Waals surface area contributed by atoms with Gasteiger partial charge in [-0.05, 0) is 6.42 Å². The number of hydrogen-bond donors (Lipinski definition) is 0. The van der Waals surface area contributed by atoms with Gasteiger partial charge in [0.25, 0.3) is 0 Å². The highest BCUT2D eigenvalue weighted by Gasteiger charge is 2.04. The Hall–Kier alpha value is -1.36. The molecule has 0 aliphatic heterocycles. The summed E-state index contributed by atoms with van der Waals surface area (Å²) in [5.41, 5.74) is 0. The minimum absolute atomic E-state index is 0.0694. The Morgan fingerprint density at radius 3 is 1.84 bits per heavy atom. The second kappa shape index (κ2) is 14.9. The third-order valence-corrected chi connectivity index (χ3v) is 3.93. The summed E-state index contributed by atoms with van der Waals surface area (Å²) >= 11 is 0. The first-order valence-corrected chi connectivity index (χ1v) is 9.81. The lowest BCUT2D eigenvalue weighted by atomic mass is 10.1. The maximum absolute atomic E-state index is 9.89. The average molecular weight is 354 g/mol. The molecule has 0 bridgehead atoms. The molecule has 5 heteroatoms. The van der Waals surface area contributed by atoms with Crippen LogP contribution in [0.3, 0.4) is 0 Å². The van der Waals surface area contributed by atoms with E-state index in [1.54, 1.807) is 21.1 Å². The molecule has 0 N–H and O–H groups in total. The lowest BCUT2D eigenvalue weighted by Gasteiger charge is -2.23. The maximum atomic E-state index is 9.89. The first-order valence-electron chi connectivity index (χ1n) is 9.81. The topological polar surface area (TPSA) is 58.0 Å². The molecule has 1 heterocycles. The molecule has 0 radical (unpaired) electrons. The third-order valence-electron chi connectivity index (χ3n) is 3.93. The Bertz CT molecular complexity index is 411. The van der Waals surface area contributed by atoms with Gasteiger partial charge in [0, 0.05) is 18.9 Å². The molecule has 0 aromatic carbocycles. The quantitative estimate of drug-likeness (QED) is 0.404. The number of carboxylic acids is 1. The van der Waals surface area contributed by atoms with Crippen LogP contribution in [-0.2, 0) is 11.3 Å². The van der Waals surface area contributed by atoms with Crippen molar-refractivity contribution in [2.45, 2.75) is 77.7 Å². The number of quaternary nitrogens is 1. The number of aryl methyl sites for hydroxylation is 1. The Labute approximate surface area is 154 Å². The normalized spacial score (nSPS) is 11.0. The summed E-state index contributed by atoms with van der Waals surface area (Å²) < 4.78 is 2.59. The standard InChI is InChI=1S/C15H28N2.C5H11NO2/c1-2-3-4-5-6-7-8-9-10-11-13-17-14-12-16-15-17;1-6(2,3)4-5(7)8/h12,14-15H,2-11,13H2,1H3;4H2,1-3H3. The zero-order valence-corrected chi connectivity index (χ0v) is 16.9. The molecule has 0 saturated carbocycles.